The maximum absolute atomic E-state index is 8.68. The van der Waals surface area contributed by atoms with Crippen LogP contribution in [0.5, 0.6) is 0 Å². The Kier molecular flexibility index (Phi) is 5.83. The second kappa shape index (κ2) is 7.39. The van der Waals surface area contributed by atoms with Crippen molar-refractivity contribution in [1.29, 1.82) is 0 Å². The van der Waals surface area contributed by atoms with E-state index in [1.807, 2.05) is 17.8 Å². The number of fused-ring (bicyclic) bond motifs is 1. The summed E-state index contributed by atoms with van der Waals surface area (Å²) in [7, 11) is 0. The average molecular weight is 286 g/mol. The fraction of sp³-hybridized carbons (Fsp3) is 0.571. The highest BCUT2D eigenvalue weighted by Gasteiger charge is 2.20. The molecule has 1 aromatic rings. The fourth-order valence-electron chi connectivity index (χ4n) is 2.33. The van der Waals surface area contributed by atoms with Crippen LogP contribution in [0.1, 0.15) is 17.5 Å². The van der Waals surface area contributed by atoms with Gasteiger partial charge in [-0.05, 0) is 48.3 Å². The van der Waals surface area contributed by atoms with Crippen molar-refractivity contribution in [2.75, 3.05) is 24.7 Å². The molecule has 2 N–H and O–H groups in total. The van der Waals surface area contributed by atoms with Gasteiger partial charge in [0, 0.05) is 30.0 Å². The van der Waals surface area contributed by atoms with Gasteiger partial charge in [0.2, 0.25) is 0 Å². The minimum Gasteiger partial charge on any atom is -0.396 e. The lowest BCUT2D eigenvalue weighted by Crippen LogP contribution is -2.31. The van der Waals surface area contributed by atoms with Crippen molar-refractivity contribution in [3.05, 3.63) is 34.3 Å². The summed E-state index contributed by atoms with van der Waals surface area (Å²) < 4.78 is 0. The van der Waals surface area contributed by atoms with E-state index in [0.29, 0.717) is 12.6 Å². The maximum atomic E-state index is 8.68. The van der Waals surface area contributed by atoms with Gasteiger partial charge in [0.05, 0.1) is 0 Å². The van der Waals surface area contributed by atoms with Gasteiger partial charge >= 0.3 is 0 Å². The van der Waals surface area contributed by atoms with E-state index in [9.17, 15) is 0 Å². The second-order valence-electron chi connectivity index (χ2n) is 4.66. The summed E-state index contributed by atoms with van der Waals surface area (Å²) in [6.45, 7) is 1.35. The highest BCUT2D eigenvalue weighted by molar-refractivity contribution is 7.99. The number of aliphatic hydroxyl groups excluding tert-OH is 1. The van der Waals surface area contributed by atoms with Crippen molar-refractivity contribution >= 4 is 23.4 Å². The summed E-state index contributed by atoms with van der Waals surface area (Å²) in [6.07, 6.45) is 3.11. The van der Waals surface area contributed by atoms with Crippen LogP contribution >= 0.6 is 23.4 Å². The van der Waals surface area contributed by atoms with Crippen LogP contribution in [0.25, 0.3) is 0 Å². The zero-order valence-electron chi connectivity index (χ0n) is 10.5. The topological polar surface area (TPSA) is 32.3 Å². The molecule has 0 saturated carbocycles. The zero-order chi connectivity index (χ0) is 12.8. The van der Waals surface area contributed by atoms with E-state index in [1.165, 1.54) is 11.1 Å². The summed E-state index contributed by atoms with van der Waals surface area (Å²) >= 11 is 7.91. The monoisotopic (exact) mass is 285 g/mol. The molecule has 0 heterocycles. The molecule has 0 saturated heterocycles. The van der Waals surface area contributed by atoms with Crippen molar-refractivity contribution in [2.45, 2.75) is 25.3 Å². The molecule has 0 radical (unpaired) electrons. The molecular weight excluding hydrogens is 266 g/mol. The molecule has 100 valence electrons. The third-order valence-electron chi connectivity index (χ3n) is 3.23. The van der Waals surface area contributed by atoms with Gasteiger partial charge in [-0.15, -0.1) is 0 Å². The normalized spacial score (nSPS) is 18.0. The first-order valence-corrected chi connectivity index (χ1v) is 8.02. The third-order valence-corrected chi connectivity index (χ3v) is 4.53. The number of halogens is 1. The number of benzene rings is 1. The van der Waals surface area contributed by atoms with Crippen LogP contribution in [0, 0.1) is 0 Å². The Balaban J connectivity index is 1.65. The third kappa shape index (κ3) is 4.16. The highest BCUT2D eigenvalue weighted by Crippen LogP contribution is 2.25. The average Bonchev–Trinajstić information content (AvgIpc) is 2.75. The van der Waals surface area contributed by atoms with Crippen LogP contribution in [0.2, 0.25) is 5.02 Å². The molecule has 1 atom stereocenters. The Hall–Kier alpha value is -0.220. The Labute approximate surface area is 118 Å². The molecule has 2 rings (SSSR count). The first-order chi connectivity index (χ1) is 8.79. The summed E-state index contributed by atoms with van der Waals surface area (Å²) in [6, 6.07) is 6.79. The number of rotatable bonds is 7. The predicted molar refractivity (Wildman–Crippen MR) is 79.7 cm³/mol. The summed E-state index contributed by atoms with van der Waals surface area (Å²) in [4.78, 5) is 0. The molecular formula is C14H20ClNOS. The molecule has 2 nitrogen and oxygen atoms in total. The molecule has 0 aromatic heterocycles. The van der Waals surface area contributed by atoms with E-state index in [1.54, 1.807) is 0 Å². The Morgan fingerprint density at radius 3 is 2.94 bits per heavy atom. The Bertz CT molecular complexity index is 386. The van der Waals surface area contributed by atoms with Gasteiger partial charge in [0.15, 0.2) is 0 Å². The number of hydrogen-bond donors (Lipinski definition) is 2. The fourth-order valence-corrected chi connectivity index (χ4v) is 3.33. The van der Waals surface area contributed by atoms with E-state index in [0.717, 1.165) is 42.3 Å². The molecule has 0 amide bonds. The minimum atomic E-state index is 0.305. The number of hydrogen-bond acceptors (Lipinski definition) is 3. The SMILES string of the molecule is OCCCSCCNC1Cc2ccc(Cl)cc2C1. The number of thioether (sulfide) groups is 1. The summed E-state index contributed by atoms with van der Waals surface area (Å²) in [5.41, 5.74) is 2.83. The van der Waals surface area contributed by atoms with E-state index in [4.69, 9.17) is 16.7 Å². The van der Waals surface area contributed by atoms with Crippen molar-refractivity contribution in [1.82, 2.24) is 5.32 Å². The van der Waals surface area contributed by atoms with Gasteiger partial charge in [-0.25, -0.2) is 0 Å². The van der Waals surface area contributed by atoms with Crippen molar-refractivity contribution < 1.29 is 5.11 Å². The van der Waals surface area contributed by atoms with Crippen LogP contribution in [-0.4, -0.2) is 35.8 Å². The molecule has 0 bridgehead atoms. The van der Waals surface area contributed by atoms with Crippen LogP contribution < -0.4 is 5.32 Å². The zero-order valence-corrected chi connectivity index (χ0v) is 12.1. The van der Waals surface area contributed by atoms with Crippen LogP contribution in [0.3, 0.4) is 0 Å². The van der Waals surface area contributed by atoms with Gasteiger partial charge < -0.3 is 10.4 Å². The number of nitrogens with one attached hydrogen (secondary N) is 1. The lowest BCUT2D eigenvalue weighted by molar-refractivity contribution is 0.296. The number of aliphatic hydroxyl groups is 1. The molecule has 1 unspecified atom stereocenters. The van der Waals surface area contributed by atoms with Crippen molar-refractivity contribution in [3.63, 3.8) is 0 Å². The first-order valence-electron chi connectivity index (χ1n) is 6.49. The van der Waals surface area contributed by atoms with Gasteiger partial charge in [-0.2, -0.15) is 11.8 Å². The van der Waals surface area contributed by atoms with Gasteiger partial charge in [-0.1, -0.05) is 17.7 Å². The molecule has 1 aliphatic rings. The molecule has 4 heteroatoms. The quantitative estimate of drug-likeness (QED) is 0.755. The predicted octanol–water partition coefficient (Wildman–Crippen LogP) is 2.51. The smallest absolute Gasteiger partial charge is 0.0438 e. The van der Waals surface area contributed by atoms with Crippen molar-refractivity contribution in [3.8, 4) is 0 Å². The van der Waals surface area contributed by atoms with Gasteiger partial charge in [-0.3, -0.25) is 0 Å². The largest absolute Gasteiger partial charge is 0.396 e. The summed E-state index contributed by atoms with van der Waals surface area (Å²) in [5.74, 6) is 2.17. The first kappa shape index (κ1) is 14.2. The van der Waals surface area contributed by atoms with Crippen LogP contribution in [0.15, 0.2) is 18.2 Å². The van der Waals surface area contributed by atoms with Crippen molar-refractivity contribution in [2.24, 2.45) is 0 Å². The Morgan fingerprint density at radius 1 is 1.28 bits per heavy atom. The second-order valence-corrected chi connectivity index (χ2v) is 6.32. The molecule has 1 aliphatic carbocycles. The van der Waals surface area contributed by atoms with Crippen LogP contribution in [-0.2, 0) is 12.8 Å². The molecule has 0 aliphatic heterocycles. The Morgan fingerprint density at radius 2 is 2.11 bits per heavy atom. The molecule has 0 fully saturated rings. The lowest BCUT2D eigenvalue weighted by atomic mass is 10.1. The van der Waals surface area contributed by atoms with E-state index < -0.39 is 0 Å². The standard InChI is InChI=1S/C14H20ClNOS/c15-13-3-2-11-9-14(10-12(11)8-13)16-4-7-18-6-1-5-17/h2-3,8,14,16-17H,1,4-7,9-10H2. The van der Waals surface area contributed by atoms with Crippen LogP contribution in [0.4, 0.5) is 0 Å². The minimum absolute atomic E-state index is 0.305. The maximum Gasteiger partial charge on any atom is 0.0438 e. The summed E-state index contributed by atoms with van der Waals surface area (Å²) in [5, 5.41) is 13.1. The molecule has 1 aromatic carbocycles. The lowest BCUT2D eigenvalue weighted by Gasteiger charge is -2.11. The molecule has 18 heavy (non-hydrogen) atoms. The highest BCUT2D eigenvalue weighted by atomic mass is 35.5. The van der Waals surface area contributed by atoms with Gasteiger partial charge in [0.1, 0.15) is 0 Å². The van der Waals surface area contributed by atoms with E-state index >= 15 is 0 Å². The van der Waals surface area contributed by atoms with E-state index in [-0.39, 0.29) is 0 Å². The van der Waals surface area contributed by atoms with E-state index in [2.05, 4.69) is 17.4 Å². The molecule has 0 spiro atoms. The van der Waals surface area contributed by atoms with Gasteiger partial charge in [0.25, 0.3) is 0 Å².